The van der Waals surface area contributed by atoms with Crippen LogP contribution in [0.15, 0.2) is 29.2 Å². The first-order valence-electron chi connectivity index (χ1n) is 8.92. The van der Waals surface area contributed by atoms with Gasteiger partial charge in [0.1, 0.15) is 0 Å². The van der Waals surface area contributed by atoms with Crippen LogP contribution in [0.4, 0.5) is 0 Å². The van der Waals surface area contributed by atoms with E-state index in [4.69, 9.17) is 4.74 Å². The Bertz CT molecular complexity index is 616. The van der Waals surface area contributed by atoms with Gasteiger partial charge in [0.2, 0.25) is 10.0 Å². The van der Waals surface area contributed by atoms with E-state index >= 15 is 0 Å². The summed E-state index contributed by atoms with van der Waals surface area (Å²) in [6.45, 7) is 3.26. The molecule has 2 aliphatic rings. The van der Waals surface area contributed by atoms with E-state index in [-0.39, 0.29) is 6.10 Å². The molecule has 0 spiro atoms. The number of benzene rings is 1. The van der Waals surface area contributed by atoms with Gasteiger partial charge in [-0.2, -0.15) is 4.31 Å². The number of methoxy groups -OCH3 is 1. The summed E-state index contributed by atoms with van der Waals surface area (Å²) in [5, 5.41) is 3.38. The summed E-state index contributed by atoms with van der Waals surface area (Å²) in [7, 11) is -1.69. The lowest BCUT2D eigenvalue weighted by molar-refractivity contribution is 0.0604. The predicted octanol–water partition coefficient (Wildman–Crippen LogP) is 2.03. The van der Waals surface area contributed by atoms with Crippen LogP contribution in [0.25, 0.3) is 0 Å². The standard InChI is InChI=1S/C18H28N2O3S/c1-23-17-8-12-20(13-9-17)24(21,22)18-4-2-15(3-5-18)14-16-6-10-19-11-7-16/h2-5,16-17,19H,6-14H2,1H3. The molecule has 0 amide bonds. The van der Waals surface area contributed by atoms with Crippen LogP contribution in [0.2, 0.25) is 0 Å². The maximum atomic E-state index is 12.8. The molecule has 1 aromatic rings. The van der Waals surface area contributed by atoms with E-state index in [9.17, 15) is 8.42 Å². The fourth-order valence-electron chi connectivity index (χ4n) is 3.67. The van der Waals surface area contributed by atoms with Crippen LogP contribution in [-0.4, -0.2) is 52.1 Å². The number of hydrogen-bond acceptors (Lipinski definition) is 4. The van der Waals surface area contributed by atoms with Gasteiger partial charge in [-0.3, -0.25) is 0 Å². The Morgan fingerprint density at radius 2 is 1.71 bits per heavy atom. The average molecular weight is 353 g/mol. The van der Waals surface area contributed by atoms with E-state index < -0.39 is 10.0 Å². The monoisotopic (exact) mass is 352 g/mol. The van der Waals surface area contributed by atoms with Gasteiger partial charge >= 0.3 is 0 Å². The Hall–Kier alpha value is -0.950. The van der Waals surface area contributed by atoms with Gasteiger partial charge in [0.25, 0.3) is 0 Å². The van der Waals surface area contributed by atoms with Crippen LogP contribution in [0.5, 0.6) is 0 Å². The molecular weight excluding hydrogens is 324 g/mol. The number of piperidine rings is 2. The highest BCUT2D eigenvalue weighted by Gasteiger charge is 2.29. The summed E-state index contributed by atoms with van der Waals surface area (Å²) in [4.78, 5) is 0.410. The summed E-state index contributed by atoms with van der Waals surface area (Å²) < 4.78 is 32.4. The molecule has 2 fully saturated rings. The second-order valence-corrected chi connectivity index (χ2v) is 8.82. The van der Waals surface area contributed by atoms with Gasteiger partial charge in [-0.15, -0.1) is 0 Å². The molecule has 0 aromatic heterocycles. The second kappa shape index (κ2) is 7.95. The molecule has 0 unspecified atom stereocenters. The van der Waals surface area contributed by atoms with Crippen molar-refractivity contribution in [3.63, 3.8) is 0 Å². The summed E-state index contributed by atoms with van der Waals surface area (Å²) >= 11 is 0. The van der Waals surface area contributed by atoms with Gasteiger partial charge in [0.15, 0.2) is 0 Å². The fraction of sp³-hybridized carbons (Fsp3) is 0.667. The van der Waals surface area contributed by atoms with E-state index in [0.29, 0.717) is 23.9 Å². The zero-order valence-electron chi connectivity index (χ0n) is 14.4. The van der Waals surface area contributed by atoms with Crippen LogP contribution in [-0.2, 0) is 21.2 Å². The van der Waals surface area contributed by atoms with Gasteiger partial charge in [-0.1, -0.05) is 12.1 Å². The third kappa shape index (κ3) is 4.17. The van der Waals surface area contributed by atoms with E-state index in [0.717, 1.165) is 32.4 Å². The zero-order chi connectivity index (χ0) is 17.0. The van der Waals surface area contributed by atoms with Crippen molar-refractivity contribution in [1.29, 1.82) is 0 Å². The summed E-state index contributed by atoms with van der Waals surface area (Å²) in [5.41, 5.74) is 1.24. The first kappa shape index (κ1) is 17.9. The van der Waals surface area contributed by atoms with Crippen molar-refractivity contribution in [2.24, 2.45) is 5.92 Å². The lowest BCUT2D eigenvalue weighted by Crippen LogP contribution is -2.40. The molecule has 0 bridgehead atoms. The average Bonchev–Trinajstić information content (AvgIpc) is 2.63. The first-order valence-corrected chi connectivity index (χ1v) is 10.4. The quantitative estimate of drug-likeness (QED) is 0.881. The lowest BCUT2D eigenvalue weighted by atomic mass is 9.91. The normalized spacial score (nSPS) is 21.9. The molecule has 2 saturated heterocycles. The number of ether oxygens (including phenoxy) is 1. The summed E-state index contributed by atoms with van der Waals surface area (Å²) in [6.07, 6.45) is 5.17. The van der Waals surface area contributed by atoms with Gasteiger partial charge in [0.05, 0.1) is 11.0 Å². The third-order valence-electron chi connectivity index (χ3n) is 5.28. The molecule has 0 aliphatic carbocycles. The number of nitrogens with one attached hydrogen (secondary N) is 1. The van der Waals surface area contributed by atoms with Gasteiger partial charge in [0, 0.05) is 20.2 Å². The second-order valence-electron chi connectivity index (χ2n) is 6.88. The van der Waals surface area contributed by atoms with E-state index in [1.165, 1.54) is 18.4 Å². The highest BCUT2D eigenvalue weighted by molar-refractivity contribution is 7.89. The molecule has 134 valence electrons. The molecule has 5 nitrogen and oxygen atoms in total. The van der Waals surface area contributed by atoms with Crippen molar-refractivity contribution in [2.75, 3.05) is 33.3 Å². The van der Waals surface area contributed by atoms with E-state index in [1.807, 2.05) is 12.1 Å². The number of hydrogen-bond donors (Lipinski definition) is 1. The summed E-state index contributed by atoms with van der Waals surface area (Å²) in [6, 6.07) is 7.51. The zero-order valence-corrected chi connectivity index (χ0v) is 15.2. The van der Waals surface area contributed by atoms with Gasteiger partial charge < -0.3 is 10.1 Å². The number of rotatable bonds is 5. The van der Waals surface area contributed by atoms with Crippen molar-refractivity contribution in [1.82, 2.24) is 9.62 Å². The van der Waals surface area contributed by atoms with Crippen molar-refractivity contribution < 1.29 is 13.2 Å². The predicted molar refractivity (Wildman–Crippen MR) is 94.5 cm³/mol. The Balaban J connectivity index is 1.63. The largest absolute Gasteiger partial charge is 0.381 e. The van der Waals surface area contributed by atoms with Gasteiger partial charge in [-0.25, -0.2) is 8.42 Å². The highest BCUT2D eigenvalue weighted by atomic mass is 32.2. The number of sulfonamides is 1. The fourth-order valence-corrected chi connectivity index (χ4v) is 5.14. The molecule has 0 saturated carbocycles. The molecule has 0 radical (unpaired) electrons. The molecule has 2 aliphatic heterocycles. The van der Waals surface area contributed by atoms with Crippen LogP contribution in [0, 0.1) is 5.92 Å². The first-order chi connectivity index (χ1) is 11.6. The SMILES string of the molecule is COC1CCN(S(=O)(=O)c2ccc(CC3CCNCC3)cc2)CC1. The van der Waals surface area contributed by atoms with Crippen LogP contribution < -0.4 is 5.32 Å². The topological polar surface area (TPSA) is 58.6 Å². The molecule has 3 rings (SSSR count). The van der Waals surface area contributed by atoms with Crippen LogP contribution in [0.1, 0.15) is 31.2 Å². The third-order valence-corrected chi connectivity index (χ3v) is 7.19. The van der Waals surface area contributed by atoms with E-state index in [1.54, 1.807) is 23.5 Å². The molecule has 1 N–H and O–H groups in total. The van der Waals surface area contributed by atoms with Gasteiger partial charge in [-0.05, 0) is 68.8 Å². The van der Waals surface area contributed by atoms with Crippen molar-refractivity contribution >= 4 is 10.0 Å². The molecule has 0 atom stereocenters. The van der Waals surface area contributed by atoms with Crippen LogP contribution >= 0.6 is 0 Å². The highest BCUT2D eigenvalue weighted by Crippen LogP contribution is 2.23. The van der Waals surface area contributed by atoms with Crippen LogP contribution in [0.3, 0.4) is 0 Å². The Kier molecular flexibility index (Phi) is 5.92. The summed E-state index contributed by atoms with van der Waals surface area (Å²) in [5.74, 6) is 0.710. The maximum absolute atomic E-state index is 12.8. The minimum absolute atomic E-state index is 0.184. The molecule has 1 aromatic carbocycles. The Morgan fingerprint density at radius 1 is 1.08 bits per heavy atom. The van der Waals surface area contributed by atoms with Crippen molar-refractivity contribution in [3.05, 3.63) is 29.8 Å². The molecule has 2 heterocycles. The lowest BCUT2D eigenvalue weighted by Gasteiger charge is -2.30. The van der Waals surface area contributed by atoms with Crippen molar-refractivity contribution in [2.45, 2.75) is 43.1 Å². The minimum atomic E-state index is -3.38. The van der Waals surface area contributed by atoms with Crippen molar-refractivity contribution in [3.8, 4) is 0 Å². The minimum Gasteiger partial charge on any atom is -0.381 e. The Labute approximate surface area is 145 Å². The number of nitrogens with zero attached hydrogens (tertiary/aromatic N) is 1. The Morgan fingerprint density at radius 3 is 2.29 bits per heavy atom. The molecule has 6 heteroatoms. The maximum Gasteiger partial charge on any atom is 0.243 e. The molecular formula is C18H28N2O3S. The molecule has 24 heavy (non-hydrogen) atoms. The smallest absolute Gasteiger partial charge is 0.243 e. The van der Waals surface area contributed by atoms with E-state index in [2.05, 4.69) is 5.32 Å².